The highest BCUT2D eigenvalue weighted by molar-refractivity contribution is 5.85. The highest BCUT2D eigenvalue weighted by Crippen LogP contribution is 2.42. The molecular weight excluding hydrogens is 597 g/mol. The predicted molar refractivity (Wildman–Crippen MR) is 177 cm³/mol. The third kappa shape index (κ3) is 7.48. The van der Waals surface area contributed by atoms with Gasteiger partial charge in [0.25, 0.3) is 0 Å². The number of ether oxygens (including phenoxy) is 2. The van der Waals surface area contributed by atoms with Crippen molar-refractivity contribution in [1.29, 1.82) is 0 Å². The molecule has 0 radical (unpaired) electrons. The van der Waals surface area contributed by atoms with Gasteiger partial charge in [-0.15, -0.1) is 24.8 Å². The molecule has 3 fully saturated rings. The molecule has 0 bridgehead atoms. The smallest absolute Gasteiger partial charge is 0.225 e. The lowest BCUT2D eigenvalue weighted by Crippen LogP contribution is -2.67. The van der Waals surface area contributed by atoms with E-state index in [0.29, 0.717) is 24.2 Å². The van der Waals surface area contributed by atoms with E-state index in [1.54, 1.807) is 14.0 Å². The predicted octanol–water partition coefficient (Wildman–Crippen LogP) is 5.54. The Balaban J connectivity index is 0.00000221. The molecule has 1 saturated carbocycles. The lowest BCUT2D eigenvalue weighted by atomic mass is 9.81. The molecule has 2 atom stereocenters. The average Bonchev–Trinajstić information content (AvgIpc) is 3.84. The molecule has 6 rings (SSSR count). The molecule has 3 heterocycles. The van der Waals surface area contributed by atoms with E-state index in [9.17, 15) is 4.79 Å². The summed E-state index contributed by atoms with van der Waals surface area (Å²) < 4.78 is 12.2. The van der Waals surface area contributed by atoms with Gasteiger partial charge in [-0.3, -0.25) is 14.6 Å². The standard InChI is InChI=1S/C34H43N5O3.2ClH/c1-23(2)42-34-29(33(41-4)35-32(36-34)27-15-16-27)21-37-19-28-20-38(24(3)40)17-18-39(28)30(22-37)31(25-11-7-5-8-12-25)26-13-9-6-10-14-26;;/h5-14,23,27-28,30-31H,15-22H2,1-4H3;2*1H/t28-,30?;;/m1../s1. The first kappa shape index (κ1) is 34.0. The Labute approximate surface area is 274 Å². The van der Waals surface area contributed by atoms with Crippen LogP contribution in [-0.4, -0.2) is 88.6 Å². The van der Waals surface area contributed by atoms with Crippen molar-refractivity contribution in [2.24, 2.45) is 0 Å². The number of methoxy groups -OCH3 is 1. The van der Waals surface area contributed by atoms with Gasteiger partial charge in [-0.2, -0.15) is 9.97 Å². The van der Waals surface area contributed by atoms with Crippen molar-refractivity contribution >= 4 is 30.7 Å². The second kappa shape index (κ2) is 14.9. The van der Waals surface area contributed by atoms with Crippen molar-refractivity contribution < 1.29 is 14.3 Å². The Morgan fingerprint density at radius 1 is 0.886 bits per heavy atom. The maximum Gasteiger partial charge on any atom is 0.225 e. The number of rotatable bonds is 9. The molecule has 0 N–H and O–H groups in total. The van der Waals surface area contributed by atoms with E-state index in [1.165, 1.54) is 11.1 Å². The Morgan fingerprint density at radius 2 is 1.50 bits per heavy atom. The number of fused-ring (bicyclic) bond motifs is 1. The van der Waals surface area contributed by atoms with Crippen molar-refractivity contribution in [3.8, 4) is 11.8 Å². The number of hydrogen-bond donors (Lipinski definition) is 0. The number of halogens is 2. The lowest BCUT2D eigenvalue weighted by molar-refractivity contribution is -0.134. The molecule has 0 spiro atoms. The van der Waals surface area contributed by atoms with Crippen molar-refractivity contribution in [2.75, 3.05) is 39.8 Å². The van der Waals surface area contributed by atoms with E-state index in [0.717, 1.165) is 57.0 Å². The van der Waals surface area contributed by atoms with Crippen LogP contribution in [0.4, 0.5) is 0 Å². The summed E-state index contributed by atoms with van der Waals surface area (Å²) in [4.78, 5) is 29.4. The first-order chi connectivity index (χ1) is 20.4. The number of hydrogen-bond acceptors (Lipinski definition) is 7. The van der Waals surface area contributed by atoms with Crippen LogP contribution in [0.5, 0.6) is 11.8 Å². The fourth-order valence-electron chi connectivity index (χ4n) is 6.71. The quantitative estimate of drug-likeness (QED) is 0.304. The van der Waals surface area contributed by atoms with E-state index in [4.69, 9.17) is 19.4 Å². The summed E-state index contributed by atoms with van der Waals surface area (Å²) in [7, 11) is 1.69. The first-order valence-corrected chi connectivity index (χ1v) is 15.4. The minimum atomic E-state index is -0.0111. The SMILES string of the molecule is COc1nc(C2CC2)nc(OC(C)C)c1CN1CC(C(c2ccccc2)c2ccccc2)N2CCN(C(C)=O)C[C@H]2C1.Cl.Cl. The largest absolute Gasteiger partial charge is 0.481 e. The summed E-state index contributed by atoms with van der Waals surface area (Å²) in [6.07, 6.45) is 2.21. The van der Waals surface area contributed by atoms with Crippen LogP contribution in [0, 0.1) is 0 Å². The molecule has 10 heteroatoms. The Morgan fingerprint density at radius 3 is 2.05 bits per heavy atom. The summed E-state index contributed by atoms with van der Waals surface area (Å²) >= 11 is 0. The molecule has 1 unspecified atom stereocenters. The van der Waals surface area contributed by atoms with Gasteiger partial charge in [0.05, 0.1) is 18.8 Å². The Kier molecular flexibility index (Phi) is 11.5. The maximum absolute atomic E-state index is 12.5. The van der Waals surface area contributed by atoms with Gasteiger partial charge in [0, 0.05) is 70.1 Å². The number of nitrogens with zero attached hydrogens (tertiary/aromatic N) is 5. The van der Waals surface area contributed by atoms with Gasteiger partial charge in [0.15, 0.2) is 0 Å². The molecule has 2 aliphatic heterocycles. The van der Waals surface area contributed by atoms with E-state index in [2.05, 4.69) is 70.5 Å². The van der Waals surface area contributed by atoms with Crippen LogP contribution in [-0.2, 0) is 11.3 Å². The van der Waals surface area contributed by atoms with E-state index < -0.39 is 0 Å². The van der Waals surface area contributed by atoms with Crippen molar-refractivity contribution in [3.05, 3.63) is 83.2 Å². The molecule has 44 heavy (non-hydrogen) atoms. The summed E-state index contributed by atoms with van der Waals surface area (Å²) in [5.41, 5.74) is 3.52. The highest BCUT2D eigenvalue weighted by atomic mass is 35.5. The number of benzene rings is 2. The number of piperazine rings is 2. The molecule has 3 aliphatic rings. The average molecular weight is 643 g/mol. The molecule has 1 aliphatic carbocycles. The summed E-state index contributed by atoms with van der Waals surface area (Å²) in [6, 6.07) is 22.1. The molecule has 2 aromatic carbocycles. The van der Waals surface area contributed by atoms with Crippen LogP contribution in [0.2, 0.25) is 0 Å². The fraction of sp³-hybridized carbons (Fsp3) is 0.500. The third-order valence-electron chi connectivity index (χ3n) is 8.83. The zero-order valence-corrected chi connectivity index (χ0v) is 27.7. The van der Waals surface area contributed by atoms with Crippen molar-refractivity contribution in [2.45, 2.75) is 70.2 Å². The third-order valence-corrected chi connectivity index (χ3v) is 8.83. The minimum absolute atomic E-state index is 0. The van der Waals surface area contributed by atoms with Crippen LogP contribution < -0.4 is 9.47 Å². The summed E-state index contributed by atoms with van der Waals surface area (Å²) in [6.45, 7) is 10.4. The summed E-state index contributed by atoms with van der Waals surface area (Å²) in [5, 5.41) is 0. The van der Waals surface area contributed by atoms with Crippen LogP contribution >= 0.6 is 24.8 Å². The Hall–Kier alpha value is -2.91. The molecule has 1 amide bonds. The maximum atomic E-state index is 12.5. The normalized spacial score (nSPS) is 20.5. The van der Waals surface area contributed by atoms with E-state index >= 15 is 0 Å². The van der Waals surface area contributed by atoms with E-state index in [1.807, 2.05) is 18.7 Å². The van der Waals surface area contributed by atoms with Crippen LogP contribution in [0.15, 0.2) is 60.7 Å². The second-order valence-corrected chi connectivity index (χ2v) is 12.2. The summed E-state index contributed by atoms with van der Waals surface area (Å²) in [5.74, 6) is 2.79. The topological polar surface area (TPSA) is 71.0 Å². The van der Waals surface area contributed by atoms with Crippen LogP contribution in [0.1, 0.15) is 68.0 Å². The van der Waals surface area contributed by atoms with Gasteiger partial charge in [0.2, 0.25) is 17.7 Å². The minimum Gasteiger partial charge on any atom is -0.481 e. The molecule has 238 valence electrons. The fourth-order valence-corrected chi connectivity index (χ4v) is 6.71. The van der Waals surface area contributed by atoms with Crippen LogP contribution in [0.3, 0.4) is 0 Å². The van der Waals surface area contributed by atoms with Gasteiger partial charge >= 0.3 is 0 Å². The van der Waals surface area contributed by atoms with Crippen molar-refractivity contribution in [3.63, 3.8) is 0 Å². The number of amides is 1. The van der Waals surface area contributed by atoms with Gasteiger partial charge in [-0.05, 0) is 37.8 Å². The first-order valence-electron chi connectivity index (χ1n) is 15.4. The monoisotopic (exact) mass is 641 g/mol. The van der Waals surface area contributed by atoms with E-state index in [-0.39, 0.29) is 54.8 Å². The molecule has 8 nitrogen and oxygen atoms in total. The molecule has 2 saturated heterocycles. The van der Waals surface area contributed by atoms with Gasteiger partial charge < -0.3 is 14.4 Å². The van der Waals surface area contributed by atoms with Gasteiger partial charge in [-0.1, -0.05) is 60.7 Å². The zero-order chi connectivity index (χ0) is 29.2. The van der Waals surface area contributed by atoms with Gasteiger partial charge in [0.1, 0.15) is 5.82 Å². The molecule has 1 aromatic heterocycles. The van der Waals surface area contributed by atoms with Crippen LogP contribution in [0.25, 0.3) is 0 Å². The number of carbonyl (C=O) groups excluding carboxylic acids is 1. The lowest BCUT2D eigenvalue weighted by Gasteiger charge is -2.53. The molecule has 3 aromatic rings. The Bertz CT molecular complexity index is 1340. The second-order valence-electron chi connectivity index (χ2n) is 12.2. The van der Waals surface area contributed by atoms with Crippen molar-refractivity contribution in [1.82, 2.24) is 24.7 Å². The zero-order valence-electron chi connectivity index (χ0n) is 26.1. The number of aromatic nitrogens is 2. The number of carbonyl (C=O) groups is 1. The highest BCUT2D eigenvalue weighted by Gasteiger charge is 2.43. The molecular formula is C34H45Cl2N5O3. The van der Waals surface area contributed by atoms with Gasteiger partial charge in [-0.25, -0.2) is 0 Å².